The number of para-hydroxylation sites is 2. The van der Waals surface area contributed by atoms with Crippen LogP contribution in [0.15, 0.2) is 59.8 Å². The number of aryl methyl sites for hydroxylation is 1. The molecule has 3 aromatic rings. The van der Waals surface area contributed by atoms with Crippen LogP contribution in [-0.2, 0) is 24.4 Å². The van der Waals surface area contributed by atoms with Crippen molar-refractivity contribution in [2.45, 2.75) is 38.6 Å². The highest BCUT2D eigenvalue weighted by Gasteiger charge is 2.14. The van der Waals surface area contributed by atoms with Gasteiger partial charge in [0.25, 0.3) is 0 Å². The van der Waals surface area contributed by atoms with Crippen molar-refractivity contribution in [2.24, 2.45) is 0 Å². The smallest absolute Gasteiger partial charge is 0.234 e. The Balaban J connectivity index is 1.58. The van der Waals surface area contributed by atoms with Crippen molar-refractivity contribution < 1.29 is 9.53 Å². The first-order valence-electron chi connectivity index (χ1n) is 9.31. The van der Waals surface area contributed by atoms with Gasteiger partial charge in [0, 0.05) is 12.2 Å². The van der Waals surface area contributed by atoms with Crippen molar-refractivity contribution in [3.05, 3.63) is 66.0 Å². The number of amides is 1. The fraction of sp³-hybridized carbons (Fsp3) is 0.286. The van der Waals surface area contributed by atoms with E-state index >= 15 is 0 Å². The topological polar surface area (TPSA) is 69.0 Å². The van der Waals surface area contributed by atoms with E-state index in [1.165, 1.54) is 11.8 Å². The van der Waals surface area contributed by atoms with Gasteiger partial charge in [-0.25, -0.2) is 0 Å². The van der Waals surface area contributed by atoms with Crippen molar-refractivity contribution in [3.8, 4) is 5.75 Å². The standard InChI is InChI=1S/C21H24N4O2S/c1-3-16-10-8-9-13-18(16)22-20(26)15-28-21-24-23-19(25(21)4-2)14-27-17-11-6-5-7-12-17/h5-13H,3-4,14-15H2,1-2H3,(H,22,26). The second kappa shape index (κ2) is 9.94. The summed E-state index contributed by atoms with van der Waals surface area (Å²) in [4.78, 5) is 12.4. The number of anilines is 1. The predicted octanol–water partition coefficient (Wildman–Crippen LogP) is 4.17. The third kappa shape index (κ3) is 5.13. The monoisotopic (exact) mass is 396 g/mol. The molecule has 0 aliphatic rings. The molecule has 0 fully saturated rings. The summed E-state index contributed by atoms with van der Waals surface area (Å²) in [7, 11) is 0. The second-order valence-corrected chi connectivity index (χ2v) is 7.03. The molecule has 1 amide bonds. The number of hydrogen-bond acceptors (Lipinski definition) is 5. The average molecular weight is 397 g/mol. The van der Waals surface area contributed by atoms with E-state index in [2.05, 4.69) is 22.4 Å². The largest absolute Gasteiger partial charge is 0.486 e. The normalized spacial score (nSPS) is 10.6. The SMILES string of the molecule is CCc1ccccc1NC(=O)CSc1nnc(COc2ccccc2)n1CC. The Morgan fingerprint density at radius 3 is 2.57 bits per heavy atom. The van der Waals surface area contributed by atoms with Crippen LogP contribution < -0.4 is 10.1 Å². The molecule has 0 saturated heterocycles. The van der Waals surface area contributed by atoms with Gasteiger partial charge in [0.05, 0.1) is 5.75 Å². The lowest BCUT2D eigenvalue weighted by Gasteiger charge is -2.10. The quantitative estimate of drug-likeness (QED) is 0.550. The molecule has 3 rings (SSSR count). The van der Waals surface area contributed by atoms with E-state index in [1.54, 1.807) is 0 Å². The Morgan fingerprint density at radius 1 is 1.07 bits per heavy atom. The van der Waals surface area contributed by atoms with Crippen LogP contribution in [0.4, 0.5) is 5.69 Å². The number of nitrogens with zero attached hydrogens (tertiary/aromatic N) is 3. The summed E-state index contributed by atoms with van der Waals surface area (Å²) in [6.45, 7) is 5.14. The molecule has 1 aromatic heterocycles. The van der Waals surface area contributed by atoms with Gasteiger partial charge in [-0.05, 0) is 37.1 Å². The van der Waals surface area contributed by atoms with E-state index in [9.17, 15) is 4.79 Å². The lowest BCUT2D eigenvalue weighted by molar-refractivity contribution is -0.113. The summed E-state index contributed by atoms with van der Waals surface area (Å²) in [6.07, 6.45) is 0.874. The van der Waals surface area contributed by atoms with Crippen LogP contribution >= 0.6 is 11.8 Å². The Bertz CT molecular complexity index is 912. The van der Waals surface area contributed by atoms with E-state index < -0.39 is 0 Å². The molecule has 7 heteroatoms. The van der Waals surface area contributed by atoms with Gasteiger partial charge in [-0.3, -0.25) is 4.79 Å². The Labute approximate surface area is 169 Å². The molecule has 1 heterocycles. The average Bonchev–Trinajstić information content (AvgIpc) is 3.13. The van der Waals surface area contributed by atoms with E-state index in [0.29, 0.717) is 18.3 Å². The van der Waals surface area contributed by atoms with Crippen LogP contribution in [0.5, 0.6) is 5.75 Å². The lowest BCUT2D eigenvalue weighted by atomic mass is 10.1. The highest BCUT2D eigenvalue weighted by Crippen LogP contribution is 2.20. The zero-order chi connectivity index (χ0) is 19.8. The summed E-state index contributed by atoms with van der Waals surface area (Å²) in [5.74, 6) is 1.75. The summed E-state index contributed by atoms with van der Waals surface area (Å²) >= 11 is 1.38. The number of thioether (sulfide) groups is 1. The molecule has 6 nitrogen and oxygen atoms in total. The number of nitrogens with one attached hydrogen (secondary N) is 1. The first-order chi connectivity index (χ1) is 13.7. The summed E-state index contributed by atoms with van der Waals surface area (Å²) in [6, 6.07) is 17.5. The van der Waals surface area contributed by atoms with E-state index in [0.717, 1.165) is 29.2 Å². The van der Waals surface area contributed by atoms with E-state index in [-0.39, 0.29) is 11.7 Å². The molecule has 0 spiro atoms. The molecule has 1 N–H and O–H groups in total. The number of rotatable bonds is 9. The third-order valence-corrected chi connectivity index (χ3v) is 5.19. The van der Waals surface area contributed by atoms with Crippen molar-refractivity contribution in [3.63, 3.8) is 0 Å². The fourth-order valence-corrected chi connectivity index (χ4v) is 3.60. The van der Waals surface area contributed by atoms with Crippen LogP contribution in [-0.4, -0.2) is 26.4 Å². The van der Waals surface area contributed by atoms with Crippen molar-refractivity contribution in [1.82, 2.24) is 14.8 Å². The van der Waals surface area contributed by atoms with Gasteiger partial charge in [0.2, 0.25) is 5.91 Å². The summed E-state index contributed by atoms with van der Waals surface area (Å²) in [5.41, 5.74) is 1.99. The molecule has 0 atom stereocenters. The van der Waals surface area contributed by atoms with Crippen molar-refractivity contribution >= 4 is 23.4 Å². The van der Waals surface area contributed by atoms with Gasteiger partial charge in [0.1, 0.15) is 12.4 Å². The minimum Gasteiger partial charge on any atom is -0.486 e. The van der Waals surface area contributed by atoms with Crippen LogP contribution in [0.1, 0.15) is 25.2 Å². The number of benzene rings is 2. The lowest BCUT2D eigenvalue weighted by Crippen LogP contribution is -2.16. The number of hydrogen-bond donors (Lipinski definition) is 1. The van der Waals surface area contributed by atoms with Crippen LogP contribution in [0.2, 0.25) is 0 Å². The zero-order valence-electron chi connectivity index (χ0n) is 16.1. The van der Waals surface area contributed by atoms with Gasteiger partial charge in [0.15, 0.2) is 11.0 Å². The van der Waals surface area contributed by atoms with Crippen LogP contribution in [0, 0.1) is 0 Å². The van der Waals surface area contributed by atoms with Crippen LogP contribution in [0.3, 0.4) is 0 Å². The molecular weight excluding hydrogens is 372 g/mol. The molecule has 0 aliphatic heterocycles. The summed E-state index contributed by atoms with van der Waals surface area (Å²) in [5, 5.41) is 12.2. The third-order valence-electron chi connectivity index (χ3n) is 4.23. The maximum Gasteiger partial charge on any atom is 0.234 e. The first kappa shape index (κ1) is 19.9. The van der Waals surface area contributed by atoms with Crippen LogP contribution in [0.25, 0.3) is 0 Å². The Morgan fingerprint density at radius 2 is 1.82 bits per heavy atom. The highest BCUT2D eigenvalue weighted by atomic mass is 32.2. The maximum absolute atomic E-state index is 12.4. The van der Waals surface area contributed by atoms with Crippen molar-refractivity contribution in [2.75, 3.05) is 11.1 Å². The Kier molecular flexibility index (Phi) is 7.08. The van der Waals surface area contributed by atoms with E-state index in [4.69, 9.17) is 4.74 Å². The number of carbonyl (C=O) groups is 1. The van der Waals surface area contributed by atoms with Gasteiger partial charge in [-0.15, -0.1) is 10.2 Å². The highest BCUT2D eigenvalue weighted by molar-refractivity contribution is 7.99. The van der Waals surface area contributed by atoms with Crippen molar-refractivity contribution in [1.29, 1.82) is 0 Å². The number of ether oxygens (including phenoxy) is 1. The molecule has 0 aliphatic carbocycles. The molecule has 0 bridgehead atoms. The molecular formula is C21H24N4O2S. The van der Waals surface area contributed by atoms with Gasteiger partial charge in [-0.2, -0.15) is 0 Å². The van der Waals surface area contributed by atoms with E-state index in [1.807, 2.05) is 66.1 Å². The molecule has 0 radical (unpaired) electrons. The predicted molar refractivity (Wildman–Crippen MR) is 112 cm³/mol. The van der Waals surface area contributed by atoms with Gasteiger partial charge in [-0.1, -0.05) is 55.1 Å². The zero-order valence-corrected chi connectivity index (χ0v) is 16.9. The first-order valence-corrected chi connectivity index (χ1v) is 10.3. The molecule has 0 unspecified atom stereocenters. The molecule has 0 saturated carbocycles. The second-order valence-electron chi connectivity index (χ2n) is 6.09. The van der Waals surface area contributed by atoms with Gasteiger partial charge >= 0.3 is 0 Å². The Hall–Kier alpha value is -2.80. The minimum atomic E-state index is -0.0568. The molecule has 146 valence electrons. The number of aromatic nitrogens is 3. The molecule has 28 heavy (non-hydrogen) atoms. The minimum absolute atomic E-state index is 0.0568. The molecule has 2 aromatic carbocycles. The summed E-state index contributed by atoms with van der Waals surface area (Å²) < 4.78 is 7.74. The maximum atomic E-state index is 12.4. The number of carbonyl (C=O) groups excluding carboxylic acids is 1. The van der Waals surface area contributed by atoms with Gasteiger partial charge < -0.3 is 14.6 Å². The fourth-order valence-electron chi connectivity index (χ4n) is 2.78.